The molecule has 0 saturated heterocycles. The van der Waals surface area contributed by atoms with Gasteiger partial charge in [0.05, 0.1) is 11.1 Å². The molecule has 0 radical (unpaired) electrons. The number of aromatic amines is 1. The first-order valence-corrected chi connectivity index (χ1v) is 16.9. The molecule has 1 atom stereocenters. The molecule has 6 nitrogen and oxygen atoms in total. The van der Waals surface area contributed by atoms with Gasteiger partial charge in [-0.2, -0.15) is 0 Å². The number of rotatable bonds is 15. The Bertz CT molecular complexity index is 1520. The van der Waals surface area contributed by atoms with Gasteiger partial charge in [-0.3, -0.25) is 9.78 Å². The number of nitrogens with zero attached hydrogens (tertiary/aromatic N) is 3. The van der Waals surface area contributed by atoms with Crippen molar-refractivity contribution in [1.82, 2.24) is 25.2 Å². The Morgan fingerprint density at radius 3 is 2.20 bits per heavy atom. The summed E-state index contributed by atoms with van der Waals surface area (Å²) in [7, 11) is 0. The molecule has 4 aromatic rings. The highest BCUT2D eigenvalue weighted by Gasteiger charge is 2.35. The van der Waals surface area contributed by atoms with Crippen molar-refractivity contribution < 1.29 is 4.79 Å². The molecule has 1 unspecified atom stereocenters. The highest BCUT2D eigenvalue weighted by atomic mass is 16.2. The van der Waals surface area contributed by atoms with Crippen LogP contribution in [0.3, 0.4) is 0 Å². The van der Waals surface area contributed by atoms with Gasteiger partial charge >= 0.3 is 0 Å². The number of amides is 1. The van der Waals surface area contributed by atoms with E-state index in [1.54, 1.807) is 0 Å². The average Bonchev–Trinajstić information content (AvgIpc) is 3.37. The lowest BCUT2D eigenvalue weighted by Crippen LogP contribution is -2.46. The van der Waals surface area contributed by atoms with Gasteiger partial charge in [-0.1, -0.05) is 51.8 Å². The van der Waals surface area contributed by atoms with Gasteiger partial charge < -0.3 is 15.2 Å². The third-order valence-corrected chi connectivity index (χ3v) is 8.68. The van der Waals surface area contributed by atoms with Crippen LogP contribution in [-0.2, 0) is 16.6 Å². The van der Waals surface area contributed by atoms with Gasteiger partial charge in [0, 0.05) is 43.6 Å². The molecule has 3 heterocycles. The third-order valence-electron chi connectivity index (χ3n) is 8.68. The van der Waals surface area contributed by atoms with E-state index in [9.17, 15) is 4.79 Å². The molecule has 0 bridgehead atoms. The summed E-state index contributed by atoms with van der Waals surface area (Å²) in [5.74, 6) is 1.22. The fraction of sp³-hybridized carbons (Fsp3) is 0.513. The van der Waals surface area contributed by atoms with Crippen LogP contribution in [0.1, 0.15) is 95.0 Å². The van der Waals surface area contributed by atoms with Gasteiger partial charge in [0.25, 0.3) is 0 Å². The lowest BCUT2D eigenvalue weighted by molar-refractivity contribution is -0.137. The van der Waals surface area contributed by atoms with E-state index in [4.69, 9.17) is 4.98 Å². The Labute approximate surface area is 271 Å². The third kappa shape index (κ3) is 8.82. The van der Waals surface area contributed by atoms with E-state index in [1.165, 1.54) is 27.8 Å². The summed E-state index contributed by atoms with van der Waals surface area (Å²) < 4.78 is 0. The molecule has 45 heavy (non-hydrogen) atoms. The summed E-state index contributed by atoms with van der Waals surface area (Å²) in [6, 6.07) is 13.2. The predicted octanol–water partition coefficient (Wildman–Crippen LogP) is 8.38. The average molecular weight is 610 g/mol. The summed E-state index contributed by atoms with van der Waals surface area (Å²) in [6.07, 6.45) is 8.99. The second-order valence-corrected chi connectivity index (χ2v) is 14.5. The van der Waals surface area contributed by atoms with Crippen molar-refractivity contribution in [1.29, 1.82) is 0 Å². The molecule has 0 fully saturated rings. The molecule has 0 aliphatic carbocycles. The van der Waals surface area contributed by atoms with E-state index in [2.05, 4.69) is 119 Å². The Kier molecular flexibility index (Phi) is 11.6. The number of hydrogen-bond acceptors (Lipinski definition) is 4. The van der Waals surface area contributed by atoms with E-state index < -0.39 is 5.41 Å². The maximum absolute atomic E-state index is 14.1. The van der Waals surface area contributed by atoms with Crippen molar-refractivity contribution in [2.45, 2.75) is 92.9 Å². The van der Waals surface area contributed by atoms with Crippen molar-refractivity contribution >= 4 is 16.9 Å². The van der Waals surface area contributed by atoms with Gasteiger partial charge in [-0.25, -0.2) is 4.98 Å². The van der Waals surface area contributed by atoms with Crippen molar-refractivity contribution in [2.24, 2.45) is 11.8 Å². The molecule has 4 rings (SSSR count). The first kappa shape index (κ1) is 34.4. The van der Waals surface area contributed by atoms with Crippen LogP contribution in [0.25, 0.3) is 22.3 Å². The normalized spacial score (nSPS) is 12.8. The number of carbonyl (C=O) groups excluding carboxylic acids is 1. The van der Waals surface area contributed by atoms with E-state index in [0.717, 1.165) is 67.7 Å². The molecule has 1 aromatic carbocycles. The van der Waals surface area contributed by atoms with Crippen LogP contribution in [0.4, 0.5) is 0 Å². The topological polar surface area (TPSA) is 73.9 Å². The van der Waals surface area contributed by atoms with Crippen molar-refractivity contribution in [3.8, 4) is 11.3 Å². The number of pyridine rings is 2. The molecule has 242 valence electrons. The number of hydrogen-bond donors (Lipinski definition) is 2. The zero-order valence-electron chi connectivity index (χ0n) is 29.1. The Morgan fingerprint density at radius 1 is 0.933 bits per heavy atom. The molecule has 1 amide bonds. The smallest absolute Gasteiger partial charge is 0.232 e. The molecule has 0 saturated carbocycles. The van der Waals surface area contributed by atoms with Crippen LogP contribution in [0.5, 0.6) is 0 Å². The number of carbonyl (C=O) groups is 1. The second-order valence-electron chi connectivity index (χ2n) is 14.5. The molecule has 0 aliphatic heterocycles. The summed E-state index contributed by atoms with van der Waals surface area (Å²) in [5, 5.41) is 4.84. The predicted molar refractivity (Wildman–Crippen MR) is 189 cm³/mol. The van der Waals surface area contributed by atoms with Crippen molar-refractivity contribution in [2.75, 3.05) is 26.2 Å². The summed E-state index contributed by atoms with van der Waals surface area (Å²) in [5.41, 5.74) is 8.53. The number of nitrogens with one attached hydrogen (secondary N) is 2. The molecule has 0 aliphatic rings. The molecule has 2 N–H and O–H groups in total. The van der Waals surface area contributed by atoms with Gasteiger partial charge in [0.1, 0.15) is 5.65 Å². The largest absolute Gasteiger partial charge is 0.341 e. The SMILES string of the molecule is Cc1cc(C)cc(-c2[nH]c3ncc(C(C)(C)C(=O)N(CC(C)C)CC(C)C)cc3c2C(C)CNCCCCc2ccncc2)c1. The minimum atomic E-state index is -0.699. The lowest BCUT2D eigenvalue weighted by Gasteiger charge is -2.34. The van der Waals surface area contributed by atoms with Crippen LogP contribution in [0.2, 0.25) is 0 Å². The van der Waals surface area contributed by atoms with Crippen LogP contribution in [-0.4, -0.2) is 51.9 Å². The van der Waals surface area contributed by atoms with E-state index >= 15 is 0 Å². The molecule has 6 heteroatoms. The molecular weight excluding hydrogens is 554 g/mol. The van der Waals surface area contributed by atoms with Crippen LogP contribution in [0.15, 0.2) is 55.0 Å². The number of fused-ring (bicyclic) bond motifs is 1. The number of H-pyrrole nitrogens is 1. The number of unbranched alkanes of at least 4 members (excludes halogenated alkanes) is 1. The van der Waals surface area contributed by atoms with E-state index in [1.807, 2.05) is 18.6 Å². The highest BCUT2D eigenvalue weighted by molar-refractivity contribution is 5.92. The van der Waals surface area contributed by atoms with Crippen molar-refractivity contribution in [3.05, 3.63) is 82.8 Å². The van der Waals surface area contributed by atoms with E-state index in [0.29, 0.717) is 11.8 Å². The minimum Gasteiger partial charge on any atom is -0.341 e. The minimum absolute atomic E-state index is 0.166. The first-order valence-electron chi connectivity index (χ1n) is 16.9. The Balaban J connectivity index is 1.63. The molecule has 3 aromatic heterocycles. The van der Waals surface area contributed by atoms with Gasteiger partial charge in [0.2, 0.25) is 5.91 Å². The quantitative estimate of drug-likeness (QED) is 0.133. The number of aromatic nitrogens is 3. The van der Waals surface area contributed by atoms with Crippen LogP contribution < -0.4 is 5.32 Å². The van der Waals surface area contributed by atoms with Gasteiger partial charge in [0.15, 0.2) is 0 Å². The molecule has 0 spiro atoms. The Hall–Kier alpha value is -3.51. The van der Waals surface area contributed by atoms with Gasteiger partial charge in [-0.15, -0.1) is 0 Å². The Morgan fingerprint density at radius 2 is 1.58 bits per heavy atom. The van der Waals surface area contributed by atoms with Crippen LogP contribution in [0, 0.1) is 25.7 Å². The zero-order chi connectivity index (χ0) is 32.7. The molecular formula is C39H55N5O. The standard InChI is InChI=1S/C39H55N5O/c1-26(2)24-44(25-27(3)4)38(45)39(8,9)33-21-34-35(30(7)22-41-15-11-10-12-31-13-16-40-17-14-31)36(43-37(34)42-23-33)32-19-28(5)18-29(6)20-32/h13-14,16-21,23,26-27,30,41H,10-12,15,22,24-25H2,1-9H3,(H,42,43). The highest BCUT2D eigenvalue weighted by Crippen LogP contribution is 2.38. The fourth-order valence-electron chi connectivity index (χ4n) is 6.48. The summed E-state index contributed by atoms with van der Waals surface area (Å²) in [6.45, 7) is 22.8. The van der Waals surface area contributed by atoms with Gasteiger partial charge in [-0.05, 0) is 124 Å². The zero-order valence-corrected chi connectivity index (χ0v) is 29.1. The van der Waals surface area contributed by atoms with Crippen molar-refractivity contribution in [3.63, 3.8) is 0 Å². The number of benzene rings is 1. The maximum Gasteiger partial charge on any atom is 0.232 e. The van der Waals surface area contributed by atoms with Crippen LogP contribution >= 0.6 is 0 Å². The summed E-state index contributed by atoms with van der Waals surface area (Å²) >= 11 is 0. The summed E-state index contributed by atoms with van der Waals surface area (Å²) in [4.78, 5) is 28.9. The second kappa shape index (κ2) is 15.2. The number of aryl methyl sites for hydroxylation is 3. The maximum atomic E-state index is 14.1. The lowest BCUT2D eigenvalue weighted by atomic mass is 9.82. The fourth-order valence-corrected chi connectivity index (χ4v) is 6.48. The monoisotopic (exact) mass is 609 g/mol. The van der Waals surface area contributed by atoms with E-state index in [-0.39, 0.29) is 11.8 Å². The first-order chi connectivity index (χ1) is 21.4.